The van der Waals surface area contributed by atoms with Crippen LogP contribution >= 0.6 is 23.6 Å². The molecule has 30 heavy (non-hydrogen) atoms. The molecule has 0 aliphatic carbocycles. The summed E-state index contributed by atoms with van der Waals surface area (Å²) in [5.74, 6) is 0.335. The van der Waals surface area contributed by atoms with E-state index in [0.717, 1.165) is 4.88 Å². The number of benzene rings is 1. The van der Waals surface area contributed by atoms with Gasteiger partial charge in [-0.3, -0.25) is 19.2 Å². The molecule has 1 unspecified atom stereocenters. The summed E-state index contributed by atoms with van der Waals surface area (Å²) in [6.45, 7) is 5.29. The second-order valence-corrected chi connectivity index (χ2v) is 9.94. The molecule has 0 bridgehead atoms. The normalized spacial score (nSPS) is 12.5. The number of rotatable bonds is 8. The number of aromatic amines is 1. The Hall–Kier alpha value is -2.50. The van der Waals surface area contributed by atoms with Gasteiger partial charge < -0.3 is 5.32 Å². The van der Waals surface area contributed by atoms with Crippen molar-refractivity contribution in [2.75, 3.05) is 15.8 Å². The Kier molecular flexibility index (Phi) is 6.74. The van der Waals surface area contributed by atoms with Gasteiger partial charge in [-0.1, -0.05) is 19.1 Å². The molecule has 3 rings (SSSR count). The number of carbonyl (C=O) groups is 1. The molecule has 1 aromatic carbocycles. The first-order valence-electron chi connectivity index (χ1n) is 9.35. The molecule has 3 aromatic rings. The fourth-order valence-electron chi connectivity index (χ4n) is 2.97. The number of sulfonamides is 1. The average molecular weight is 466 g/mol. The van der Waals surface area contributed by atoms with Gasteiger partial charge in [0.2, 0.25) is 15.9 Å². The van der Waals surface area contributed by atoms with Crippen molar-refractivity contribution in [1.82, 2.24) is 14.8 Å². The van der Waals surface area contributed by atoms with Crippen LogP contribution in [0.4, 0.5) is 11.4 Å². The first-order valence-corrected chi connectivity index (χ1v) is 12.3. The van der Waals surface area contributed by atoms with Gasteiger partial charge in [0.25, 0.3) is 0 Å². The minimum Gasteiger partial charge on any atom is -0.324 e. The van der Waals surface area contributed by atoms with Gasteiger partial charge in [0.1, 0.15) is 6.04 Å². The molecule has 160 valence electrons. The Labute approximate surface area is 184 Å². The van der Waals surface area contributed by atoms with Gasteiger partial charge in [-0.2, -0.15) is 5.10 Å². The fraction of sp³-hybridized carbons (Fsp3) is 0.316. The quantitative estimate of drug-likeness (QED) is 0.429. The standard InChI is InChI=1S/C19H23N5O3S3/c1-4-11-30(26,27)23-15-8-5-7-14(12(15)2)20-18(25)13(3)24-17(21-22-19(24)28)16-9-6-10-29-16/h5-10,13,23H,4,11H2,1-3H3,(H,20,25)(H,22,28). The maximum Gasteiger partial charge on any atom is 0.247 e. The summed E-state index contributed by atoms with van der Waals surface area (Å²) in [4.78, 5) is 13.9. The minimum absolute atomic E-state index is 0.0320. The van der Waals surface area contributed by atoms with E-state index < -0.39 is 16.1 Å². The number of nitrogens with zero attached hydrogens (tertiary/aromatic N) is 2. The van der Waals surface area contributed by atoms with Gasteiger partial charge in [0.15, 0.2) is 10.6 Å². The highest BCUT2D eigenvalue weighted by Gasteiger charge is 2.22. The van der Waals surface area contributed by atoms with Gasteiger partial charge in [-0.05, 0) is 61.6 Å². The first-order chi connectivity index (χ1) is 14.2. The number of H-pyrrole nitrogens is 1. The molecule has 0 spiro atoms. The van der Waals surface area contributed by atoms with E-state index >= 15 is 0 Å². The van der Waals surface area contributed by atoms with Crippen LogP contribution in [0.15, 0.2) is 35.7 Å². The van der Waals surface area contributed by atoms with Crippen LogP contribution in [0.2, 0.25) is 0 Å². The Morgan fingerprint density at radius 1 is 1.30 bits per heavy atom. The van der Waals surface area contributed by atoms with Gasteiger partial charge >= 0.3 is 0 Å². The van der Waals surface area contributed by atoms with Crippen LogP contribution in [0.3, 0.4) is 0 Å². The average Bonchev–Trinajstić information content (AvgIpc) is 3.33. The van der Waals surface area contributed by atoms with Crippen LogP contribution in [-0.4, -0.2) is 34.8 Å². The number of nitrogens with one attached hydrogen (secondary N) is 3. The number of amides is 1. The van der Waals surface area contributed by atoms with Gasteiger partial charge in [-0.25, -0.2) is 8.42 Å². The summed E-state index contributed by atoms with van der Waals surface area (Å²) in [5.41, 5.74) is 1.59. The molecule has 11 heteroatoms. The number of thiophene rings is 1. The zero-order valence-corrected chi connectivity index (χ0v) is 19.2. The summed E-state index contributed by atoms with van der Waals surface area (Å²) < 4.78 is 28.8. The highest BCUT2D eigenvalue weighted by Crippen LogP contribution is 2.28. The summed E-state index contributed by atoms with van der Waals surface area (Å²) >= 11 is 6.83. The molecule has 0 aliphatic heterocycles. The smallest absolute Gasteiger partial charge is 0.247 e. The highest BCUT2D eigenvalue weighted by atomic mass is 32.2. The third-order valence-corrected chi connectivity index (χ3v) is 7.17. The van der Waals surface area contributed by atoms with E-state index in [1.807, 2.05) is 17.5 Å². The Bertz CT molecular complexity index is 1200. The molecule has 1 atom stereocenters. The lowest BCUT2D eigenvalue weighted by Gasteiger charge is -2.18. The molecule has 2 heterocycles. The topological polar surface area (TPSA) is 109 Å². The van der Waals surface area contributed by atoms with Crippen molar-refractivity contribution in [3.8, 4) is 10.7 Å². The van der Waals surface area contributed by atoms with E-state index in [-0.39, 0.29) is 11.7 Å². The molecule has 0 radical (unpaired) electrons. The summed E-state index contributed by atoms with van der Waals surface area (Å²) in [7, 11) is -3.43. The molecule has 2 aromatic heterocycles. The largest absolute Gasteiger partial charge is 0.324 e. The van der Waals surface area contributed by atoms with Gasteiger partial charge in [0, 0.05) is 5.69 Å². The number of anilines is 2. The highest BCUT2D eigenvalue weighted by molar-refractivity contribution is 7.92. The van der Waals surface area contributed by atoms with E-state index in [1.54, 1.807) is 43.5 Å². The zero-order valence-electron chi connectivity index (χ0n) is 16.8. The summed E-state index contributed by atoms with van der Waals surface area (Å²) in [6.07, 6.45) is 0.514. The third-order valence-electron chi connectivity index (χ3n) is 4.54. The molecule has 0 saturated heterocycles. The number of carbonyl (C=O) groups excluding carboxylic acids is 1. The van der Waals surface area contributed by atoms with Crippen LogP contribution in [0, 0.1) is 11.7 Å². The number of hydrogen-bond acceptors (Lipinski definition) is 6. The molecule has 1 amide bonds. The minimum atomic E-state index is -3.43. The summed E-state index contributed by atoms with van der Waals surface area (Å²) in [6, 6.07) is 8.27. The maximum atomic E-state index is 13.0. The van der Waals surface area contributed by atoms with Crippen molar-refractivity contribution in [1.29, 1.82) is 0 Å². The van der Waals surface area contributed by atoms with Crippen LogP contribution in [0.5, 0.6) is 0 Å². The Balaban J connectivity index is 1.85. The van der Waals surface area contributed by atoms with Crippen LogP contribution in [0.1, 0.15) is 31.9 Å². The van der Waals surface area contributed by atoms with Crippen molar-refractivity contribution in [2.45, 2.75) is 33.2 Å². The molecule has 0 saturated carbocycles. The fourth-order valence-corrected chi connectivity index (χ4v) is 5.16. The number of hydrogen-bond donors (Lipinski definition) is 3. The van der Waals surface area contributed by atoms with Crippen LogP contribution in [-0.2, 0) is 14.8 Å². The first kappa shape index (κ1) is 22.2. The van der Waals surface area contributed by atoms with E-state index in [0.29, 0.717) is 34.0 Å². The second-order valence-electron chi connectivity index (χ2n) is 6.76. The van der Waals surface area contributed by atoms with Crippen molar-refractivity contribution in [3.05, 3.63) is 46.0 Å². The molecular formula is C19H23N5O3S3. The van der Waals surface area contributed by atoms with Gasteiger partial charge in [0.05, 0.1) is 16.3 Å². The molecule has 0 fully saturated rings. The van der Waals surface area contributed by atoms with Crippen LogP contribution < -0.4 is 10.0 Å². The monoisotopic (exact) mass is 465 g/mol. The van der Waals surface area contributed by atoms with Crippen molar-refractivity contribution >= 4 is 50.9 Å². The third kappa shape index (κ3) is 4.79. The SMILES string of the molecule is CCCS(=O)(=O)Nc1cccc(NC(=O)C(C)n2c(-c3cccs3)n[nH]c2=S)c1C. The lowest BCUT2D eigenvalue weighted by atomic mass is 10.1. The predicted molar refractivity (Wildman–Crippen MR) is 123 cm³/mol. The van der Waals surface area contributed by atoms with E-state index in [9.17, 15) is 13.2 Å². The lowest BCUT2D eigenvalue weighted by molar-refractivity contribution is -0.118. The Morgan fingerprint density at radius 3 is 2.70 bits per heavy atom. The van der Waals surface area contributed by atoms with Gasteiger partial charge in [-0.15, -0.1) is 11.3 Å². The molecule has 3 N–H and O–H groups in total. The molecular weight excluding hydrogens is 442 g/mol. The van der Waals surface area contributed by atoms with E-state index in [2.05, 4.69) is 20.2 Å². The second kappa shape index (κ2) is 9.11. The zero-order chi connectivity index (χ0) is 21.9. The lowest BCUT2D eigenvalue weighted by Crippen LogP contribution is -2.25. The number of aromatic nitrogens is 3. The molecule has 8 nitrogen and oxygen atoms in total. The van der Waals surface area contributed by atoms with E-state index in [4.69, 9.17) is 12.2 Å². The van der Waals surface area contributed by atoms with Crippen molar-refractivity contribution in [3.63, 3.8) is 0 Å². The predicted octanol–water partition coefficient (Wildman–Crippen LogP) is 4.33. The van der Waals surface area contributed by atoms with Crippen LogP contribution in [0.25, 0.3) is 10.7 Å². The van der Waals surface area contributed by atoms with E-state index in [1.165, 1.54) is 11.3 Å². The molecule has 0 aliphatic rings. The van der Waals surface area contributed by atoms with Crippen molar-refractivity contribution in [2.24, 2.45) is 0 Å². The maximum absolute atomic E-state index is 13.0. The Morgan fingerprint density at radius 2 is 2.03 bits per heavy atom. The summed E-state index contributed by atoms with van der Waals surface area (Å²) in [5, 5.41) is 11.8. The van der Waals surface area contributed by atoms with Crippen molar-refractivity contribution < 1.29 is 13.2 Å².